The van der Waals surface area contributed by atoms with E-state index in [4.69, 9.17) is 9.47 Å². The summed E-state index contributed by atoms with van der Waals surface area (Å²) in [5.74, 6) is -0.131. The lowest BCUT2D eigenvalue weighted by Crippen LogP contribution is -2.60. The van der Waals surface area contributed by atoms with Gasteiger partial charge in [0.25, 0.3) is 0 Å². The molecule has 0 aliphatic carbocycles. The smallest absolute Gasteiger partial charge is 0.220 e. The van der Waals surface area contributed by atoms with Crippen molar-refractivity contribution in [1.29, 1.82) is 0 Å². The van der Waals surface area contributed by atoms with Gasteiger partial charge < -0.3 is 40.3 Å². The summed E-state index contributed by atoms with van der Waals surface area (Å²) in [5.41, 5.74) is 0. The number of amides is 1. The van der Waals surface area contributed by atoms with Gasteiger partial charge in [-0.25, -0.2) is 0 Å². The lowest BCUT2D eigenvalue weighted by atomic mass is 9.99. The van der Waals surface area contributed by atoms with E-state index in [0.717, 1.165) is 38.5 Å². The van der Waals surface area contributed by atoms with Gasteiger partial charge in [0.2, 0.25) is 5.91 Å². The van der Waals surface area contributed by atoms with Gasteiger partial charge >= 0.3 is 0 Å². The first kappa shape index (κ1) is 87.2. The van der Waals surface area contributed by atoms with Gasteiger partial charge in [-0.2, -0.15) is 0 Å². The standard InChI is InChI=1S/C81H161NO8/c1-3-5-7-9-11-13-15-17-19-21-23-25-27-29-31-33-34-35-36-37-38-39-40-41-43-45-47-49-51-53-55-57-59-61-63-65-67-69-71-77(85)82-74(73-89-81-80(88)79(87)78(86)76(72-83)90-81)75(84)70-68-66-64-62-60-58-56-54-52-50-48-46-44-42-32-30-28-26-24-22-20-18-16-14-12-10-8-6-4-2/h74-76,78-81,83-84,86-88H,3-73H2,1-2H3,(H,82,85). The maximum absolute atomic E-state index is 13.2. The van der Waals surface area contributed by atoms with Gasteiger partial charge in [0, 0.05) is 6.42 Å². The third-order valence-corrected chi connectivity index (χ3v) is 20.5. The van der Waals surface area contributed by atoms with Gasteiger partial charge in [-0.15, -0.1) is 0 Å². The Morgan fingerprint density at radius 3 is 0.789 bits per heavy atom. The molecule has 538 valence electrons. The zero-order chi connectivity index (χ0) is 64.9. The molecule has 0 aromatic carbocycles. The van der Waals surface area contributed by atoms with E-state index in [2.05, 4.69) is 19.2 Å². The van der Waals surface area contributed by atoms with Crippen molar-refractivity contribution in [3.63, 3.8) is 0 Å². The Balaban J connectivity index is 2.02. The first-order valence-electron chi connectivity index (χ1n) is 41.2. The molecule has 0 saturated carbocycles. The van der Waals surface area contributed by atoms with Crippen LogP contribution in [0.3, 0.4) is 0 Å². The van der Waals surface area contributed by atoms with Crippen LogP contribution in [0.15, 0.2) is 0 Å². The Morgan fingerprint density at radius 1 is 0.333 bits per heavy atom. The van der Waals surface area contributed by atoms with Crippen molar-refractivity contribution in [3.05, 3.63) is 0 Å². The molecule has 7 atom stereocenters. The predicted octanol–water partition coefficient (Wildman–Crippen LogP) is 23.6. The van der Waals surface area contributed by atoms with Crippen molar-refractivity contribution in [1.82, 2.24) is 5.32 Å². The van der Waals surface area contributed by atoms with Crippen molar-refractivity contribution >= 4 is 5.91 Å². The summed E-state index contributed by atoms with van der Waals surface area (Å²) in [6.07, 6.45) is 85.2. The molecule has 9 heteroatoms. The number of ether oxygens (including phenoxy) is 2. The number of carbonyl (C=O) groups is 1. The Hall–Kier alpha value is -0.810. The van der Waals surface area contributed by atoms with E-state index in [-0.39, 0.29) is 12.5 Å². The van der Waals surface area contributed by atoms with Crippen molar-refractivity contribution in [2.75, 3.05) is 13.2 Å². The van der Waals surface area contributed by atoms with Gasteiger partial charge in [-0.3, -0.25) is 4.79 Å². The molecule has 1 aliphatic heterocycles. The molecule has 0 aromatic heterocycles. The van der Waals surface area contributed by atoms with Gasteiger partial charge in [0.1, 0.15) is 24.4 Å². The molecule has 1 amide bonds. The van der Waals surface area contributed by atoms with Crippen LogP contribution in [0, 0.1) is 0 Å². The first-order chi connectivity index (χ1) is 44.3. The number of hydrogen-bond donors (Lipinski definition) is 6. The SMILES string of the molecule is CCCCCCCCCCCCCCCCCCCCCCCCCCCCCCCCCCCCCCCCC(=O)NC(COC1OC(CO)C(O)C(O)C1O)C(O)CCCCCCCCCCCCCCCCCCCCCCCCCCCCCCC. The van der Waals surface area contributed by atoms with Crippen LogP contribution in [0.2, 0.25) is 0 Å². The molecular formula is C81H161NO8. The summed E-state index contributed by atoms with van der Waals surface area (Å²) in [6.45, 7) is 3.92. The number of hydrogen-bond acceptors (Lipinski definition) is 8. The third kappa shape index (κ3) is 58.5. The van der Waals surface area contributed by atoms with Crippen LogP contribution in [0.4, 0.5) is 0 Å². The highest BCUT2D eigenvalue weighted by atomic mass is 16.7. The number of aliphatic hydroxyl groups is 5. The molecule has 1 heterocycles. The van der Waals surface area contributed by atoms with Crippen LogP contribution < -0.4 is 5.32 Å². The van der Waals surface area contributed by atoms with Gasteiger partial charge in [-0.05, 0) is 12.8 Å². The van der Waals surface area contributed by atoms with Crippen molar-refractivity contribution in [2.45, 2.75) is 500 Å². The molecule has 6 N–H and O–H groups in total. The van der Waals surface area contributed by atoms with Gasteiger partial charge in [-0.1, -0.05) is 438 Å². The molecule has 0 radical (unpaired) electrons. The summed E-state index contributed by atoms with van der Waals surface area (Å²) in [6, 6.07) is -0.716. The molecule has 1 saturated heterocycles. The van der Waals surface area contributed by atoms with Crippen LogP contribution in [-0.4, -0.2) is 87.5 Å². The monoisotopic (exact) mass is 1280 g/mol. The molecule has 0 bridgehead atoms. The maximum atomic E-state index is 13.2. The van der Waals surface area contributed by atoms with Crippen molar-refractivity contribution < 1.29 is 39.8 Å². The highest BCUT2D eigenvalue weighted by Crippen LogP contribution is 2.25. The number of unbranched alkanes of at least 4 members (excludes halogenated alkanes) is 65. The normalized spacial score (nSPS) is 17.6. The maximum Gasteiger partial charge on any atom is 0.220 e. The lowest BCUT2D eigenvalue weighted by Gasteiger charge is -2.40. The molecule has 7 unspecified atom stereocenters. The molecule has 90 heavy (non-hydrogen) atoms. The highest BCUT2D eigenvalue weighted by Gasteiger charge is 2.44. The predicted molar refractivity (Wildman–Crippen MR) is 388 cm³/mol. The van der Waals surface area contributed by atoms with Crippen LogP contribution in [0.1, 0.15) is 457 Å². The van der Waals surface area contributed by atoms with Gasteiger partial charge in [0.15, 0.2) is 6.29 Å². The zero-order valence-electron chi connectivity index (χ0n) is 60.7. The molecular weight excluding hydrogens is 1110 g/mol. The van der Waals surface area contributed by atoms with E-state index in [1.54, 1.807) is 0 Å². The number of aliphatic hydroxyl groups excluding tert-OH is 5. The number of carbonyl (C=O) groups excluding carboxylic acids is 1. The second-order valence-electron chi connectivity index (χ2n) is 29.3. The fourth-order valence-electron chi connectivity index (χ4n) is 14.1. The van der Waals surface area contributed by atoms with Crippen LogP contribution >= 0.6 is 0 Å². The average Bonchev–Trinajstić information content (AvgIpc) is 1.28. The van der Waals surface area contributed by atoms with E-state index in [1.807, 2.05) is 0 Å². The first-order valence-corrected chi connectivity index (χ1v) is 41.2. The Bertz CT molecular complexity index is 1390. The fraction of sp³-hybridized carbons (Fsp3) is 0.988. The lowest BCUT2D eigenvalue weighted by molar-refractivity contribution is -0.302. The van der Waals surface area contributed by atoms with E-state index >= 15 is 0 Å². The minimum absolute atomic E-state index is 0.130. The summed E-state index contributed by atoms with van der Waals surface area (Å²) < 4.78 is 11.4. The van der Waals surface area contributed by atoms with Gasteiger partial charge in [0.05, 0.1) is 25.4 Å². The van der Waals surface area contributed by atoms with Crippen LogP contribution in [0.5, 0.6) is 0 Å². The Kier molecular flexibility index (Phi) is 68.8. The fourth-order valence-corrected chi connectivity index (χ4v) is 14.1. The van der Waals surface area contributed by atoms with Crippen molar-refractivity contribution in [3.8, 4) is 0 Å². The molecule has 1 aliphatic rings. The third-order valence-electron chi connectivity index (χ3n) is 20.5. The summed E-state index contributed by atoms with van der Waals surface area (Å²) in [5, 5.41) is 55.1. The zero-order valence-corrected chi connectivity index (χ0v) is 60.7. The molecule has 1 rings (SSSR count). The number of rotatable bonds is 75. The van der Waals surface area contributed by atoms with E-state index in [0.29, 0.717) is 12.8 Å². The average molecular weight is 1280 g/mol. The van der Waals surface area contributed by atoms with Crippen molar-refractivity contribution in [2.24, 2.45) is 0 Å². The van der Waals surface area contributed by atoms with E-state index in [1.165, 1.54) is 392 Å². The summed E-state index contributed by atoms with van der Waals surface area (Å²) in [7, 11) is 0. The molecule has 9 nitrogen and oxygen atoms in total. The Labute approximate surface area is 561 Å². The Morgan fingerprint density at radius 2 is 0.556 bits per heavy atom. The second kappa shape index (κ2) is 71.0. The summed E-state index contributed by atoms with van der Waals surface area (Å²) in [4.78, 5) is 13.2. The minimum atomic E-state index is -1.55. The largest absolute Gasteiger partial charge is 0.394 e. The minimum Gasteiger partial charge on any atom is -0.394 e. The topological polar surface area (TPSA) is 149 Å². The summed E-state index contributed by atoms with van der Waals surface area (Å²) >= 11 is 0. The van der Waals surface area contributed by atoms with Crippen LogP contribution in [-0.2, 0) is 14.3 Å². The van der Waals surface area contributed by atoms with E-state index < -0.39 is 49.5 Å². The van der Waals surface area contributed by atoms with E-state index in [9.17, 15) is 30.3 Å². The quantitative estimate of drug-likeness (QED) is 0.0330. The number of nitrogens with one attached hydrogen (secondary N) is 1. The highest BCUT2D eigenvalue weighted by molar-refractivity contribution is 5.76. The molecule has 1 fully saturated rings. The molecule has 0 spiro atoms. The molecule has 0 aromatic rings. The second-order valence-corrected chi connectivity index (χ2v) is 29.3. The van der Waals surface area contributed by atoms with Crippen LogP contribution in [0.25, 0.3) is 0 Å².